The fourth-order valence-electron chi connectivity index (χ4n) is 3.57. The molecule has 172 valence electrons. The summed E-state index contributed by atoms with van der Waals surface area (Å²) in [4.78, 5) is 34.5. The van der Waals surface area contributed by atoms with Gasteiger partial charge in [0.25, 0.3) is 5.56 Å². The van der Waals surface area contributed by atoms with Crippen molar-refractivity contribution in [2.24, 2.45) is 5.92 Å². The summed E-state index contributed by atoms with van der Waals surface area (Å²) in [5.74, 6) is 0.781. The average Bonchev–Trinajstić information content (AvgIpc) is 3.39. The van der Waals surface area contributed by atoms with E-state index in [1.165, 1.54) is 58.1 Å². The molecule has 31 heavy (non-hydrogen) atoms. The van der Waals surface area contributed by atoms with E-state index in [1.807, 2.05) is 20.0 Å². The number of H-pyrrole nitrogens is 2. The first-order chi connectivity index (χ1) is 15.0. The molecule has 1 saturated heterocycles. The third-order valence-electron chi connectivity index (χ3n) is 5.23. The predicted molar refractivity (Wildman–Crippen MR) is 129 cm³/mol. The molecule has 7 heteroatoms. The van der Waals surface area contributed by atoms with E-state index in [9.17, 15) is 9.59 Å². The Morgan fingerprint density at radius 3 is 2.71 bits per heavy atom. The highest BCUT2D eigenvalue weighted by molar-refractivity contribution is 5.92. The number of Topliss-reactive ketones (excluding diaryl/α,β-unsaturated/α-hetero) is 1. The zero-order chi connectivity index (χ0) is 23.2. The Morgan fingerprint density at radius 1 is 1.35 bits per heavy atom. The molecule has 7 nitrogen and oxygen atoms in total. The second-order valence-corrected chi connectivity index (χ2v) is 7.54. The molecule has 2 aromatic heterocycles. The molecule has 3 heterocycles. The van der Waals surface area contributed by atoms with Crippen molar-refractivity contribution < 1.29 is 4.79 Å². The Balaban J connectivity index is 0.000000409. The second kappa shape index (κ2) is 14.4. The number of aromatic amines is 2. The molecule has 1 fully saturated rings. The van der Waals surface area contributed by atoms with Gasteiger partial charge >= 0.3 is 0 Å². The number of ketones is 1. The maximum Gasteiger partial charge on any atom is 0.275 e. The molecule has 1 aliphatic rings. The van der Waals surface area contributed by atoms with Crippen LogP contribution in [-0.4, -0.2) is 38.7 Å². The van der Waals surface area contributed by atoms with Gasteiger partial charge in [0.15, 0.2) is 5.78 Å². The van der Waals surface area contributed by atoms with E-state index in [2.05, 4.69) is 45.3 Å². The van der Waals surface area contributed by atoms with Crippen LogP contribution in [0.3, 0.4) is 0 Å². The van der Waals surface area contributed by atoms with Crippen molar-refractivity contribution in [1.82, 2.24) is 25.2 Å². The Bertz CT molecular complexity index is 883. The number of carbonyl (C=O) groups is 1. The van der Waals surface area contributed by atoms with E-state index in [-0.39, 0.29) is 11.3 Å². The van der Waals surface area contributed by atoms with E-state index >= 15 is 0 Å². The van der Waals surface area contributed by atoms with Crippen LogP contribution in [0.4, 0.5) is 0 Å². The third kappa shape index (κ3) is 8.53. The Hall–Kier alpha value is -2.67. The zero-order valence-corrected chi connectivity index (χ0v) is 19.6. The molecule has 0 saturated carbocycles. The molecular formula is C24H39N5O2. The van der Waals surface area contributed by atoms with E-state index in [1.54, 1.807) is 0 Å². The number of nitrogens with zero attached hydrogens (tertiary/aromatic N) is 2. The van der Waals surface area contributed by atoms with Crippen LogP contribution in [0.1, 0.15) is 65.4 Å². The first-order valence-electron chi connectivity index (χ1n) is 11.3. The lowest BCUT2D eigenvalue weighted by atomic mass is 10.0. The van der Waals surface area contributed by atoms with Crippen LogP contribution in [0.2, 0.25) is 0 Å². The summed E-state index contributed by atoms with van der Waals surface area (Å²) in [7, 11) is 0. The van der Waals surface area contributed by atoms with Crippen molar-refractivity contribution in [2.45, 2.75) is 66.3 Å². The number of hydrogen-bond acceptors (Lipinski definition) is 5. The van der Waals surface area contributed by atoms with Crippen molar-refractivity contribution in [2.75, 3.05) is 13.1 Å². The summed E-state index contributed by atoms with van der Waals surface area (Å²) < 4.78 is 0. The molecule has 3 N–H and O–H groups in total. The van der Waals surface area contributed by atoms with Gasteiger partial charge in [-0.15, -0.1) is 0 Å². The average molecular weight is 430 g/mol. The number of rotatable bonds is 9. The van der Waals surface area contributed by atoms with Crippen LogP contribution in [0.15, 0.2) is 42.4 Å². The maximum absolute atomic E-state index is 11.7. The van der Waals surface area contributed by atoms with Crippen LogP contribution in [0.5, 0.6) is 0 Å². The summed E-state index contributed by atoms with van der Waals surface area (Å²) in [5, 5.41) is 2.56. The highest BCUT2D eigenvalue weighted by Gasteiger charge is 2.23. The van der Waals surface area contributed by atoms with Gasteiger partial charge in [-0.05, 0) is 31.5 Å². The molecule has 0 unspecified atom stereocenters. The van der Waals surface area contributed by atoms with Gasteiger partial charge in [-0.1, -0.05) is 53.2 Å². The molecular weight excluding hydrogens is 390 g/mol. The normalized spacial score (nSPS) is 15.4. The lowest BCUT2D eigenvalue weighted by Crippen LogP contribution is -2.20. The van der Waals surface area contributed by atoms with Gasteiger partial charge in [-0.2, -0.15) is 0 Å². The minimum Gasteiger partial charge on any atom is -0.360 e. The number of unbranched alkanes of at least 4 members (excludes halogenated alkanes) is 2. The molecule has 0 aliphatic carbocycles. The van der Waals surface area contributed by atoms with Gasteiger partial charge in [0.2, 0.25) is 0 Å². The maximum atomic E-state index is 11.7. The number of aromatic nitrogens is 3. The molecule has 0 radical (unpaired) electrons. The largest absolute Gasteiger partial charge is 0.360 e. The van der Waals surface area contributed by atoms with Crippen molar-refractivity contribution in [1.29, 1.82) is 0 Å². The molecule has 0 bridgehead atoms. The first-order valence-corrected chi connectivity index (χ1v) is 11.3. The number of nitrogens with one attached hydrogen (secondary N) is 3. The number of hydrogen-bond donors (Lipinski definition) is 3. The molecule has 0 aromatic carbocycles. The van der Waals surface area contributed by atoms with Crippen LogP contribution in [0, 0.1) is 5.92 Å². The number of fused-ring (bicyclic) bond motifs is 1. The van der Waals surface area contributed by atoms with Crippen LogP contribution >= 0.6 is 0 Å². The summed E-state index contributed by atoms with van der Waals surface area (Å²) in [5.41, 5.74) is 2.81. The molecule has 1 atom stereocenters. The van der Waals surface area contributed by atoms with Gasteiger partial charge < -0.3 is 15.3 Å². The lowest BCUT2D eigenvalue weighted by Gasteiger charge is -2.15. The minimum atomic E-state index is -0.0925. The minimum absolute atomic E-state index is 0.0649. The SMILES string of the molecule is C=CNC(=C)C(C)=O.CC.CCCCC[C@@H]1CCN(Cc2c[nH]c3c(=O)[nH]cnc23)C1. The Kier molecular flexibility index (Phi) is 12.2. The first kappa shape index (κ1) is 26.4. The zero-order valence-electron chi connectivity index (χ0n) is 19.6. The standard InChI is InChI=1S/C16H24N4O.C6H9NO.C2H6/c1-2-3-4-5-12-6-7-20(9-12)10-13-8-17-15-14(13)18-11-19-16(15)21;1-4-7-5(2)6(3)8;1-2/h8,11-12,17H,2-7,9-10H2,1H3,(H,18,19,21);4,7H,1-2H2,3H3;1-2H3/t12-;;/m1../s1. The van der Waals surface area contributed by atoms with Gasteiger partial charge in [0.1, 0.15) is 5.52 Å². The summed E-state index contributed by atoms with van der Waals surface area (Å²) in [6.07, 6.45) is 11.5. The van der Waals surface area contributed by atoms with Crippen LogP contribution < -0.4 is 10.9 Å². The van der Waals surface area contributed by atoms with Gasteiger partial charge in [0, 0.05) is 31.8 Å². The summed E-state index contributed by atoms with van der Waals surface area (Å²) in [6.45, 7) is 17.7. The smallest absolute Gasteiger partial charge is 0.275 e. The molecule has 0 spiro atoms. The molecule has 2 aromatic rings. The van der Waals surface area contributed by atoms with Crippen molar-refractivity contribution in [3.63, 3.8) is 0 Å². The van der Waals surface area contributed by atoms with Crippen LogP contribution in [0.25, 0.3) is 11.0 Å². The predicted octanol–water partition coefficient (Wildman–Crippen LogP) is 4.50. The molecule has 1 aliphatic heterocycles. The van der Waals surface area contributed by atoms with E-state index in [0.717, 1.165) is 30.1 Å². The number of allylic oxidation sites excluding steroid dienone is 1. The fraction of sp³-hybridized carbons (Fsp3) is 0.542. The summed E-state index contributed by atoms with van der Waals surface area (Å²) in [6, 6.07) is 0. The highest BCUT2D eigenvalue weighted by Crippen LogP contribution is 2.24. The second-order valence-electron chi connectivity index (χ2n) is 7.54. The molecule has 3 rings (SSSR count). The van der Waals surface area contributed by atoms with E-state index in [4.69, 9.17) is 0 Å². The molecule has 0 amide bonds. The van der Waals surface area contributed by atoms with Gasteiger partial charge in [-0.25, -0.2) is 4.98 Å². The topological polar surface area (TPSA) is 93.9 Å². The van der Waals surface area contributed by atoms with Crippen molar-refractivity contribution in [3.05, 3.63) is 53.5 Å². The van der Waals surface area contributed by atoms with E-state index in [0.29, 0.717) is 11.2 Å². The number of likely N-dealkylation sites (tertiary alicyclic amines) is 1. The van der Waals surface area contributed by atoms with E-state index < -0.39 is 0 Å². The number of carbonyl (C=O) groups excluding carboxylic acids is 1. The quantitative estimate of drug-likeness (QED) is 0.403. The van der Waals surface area contributed by atoms with Crippen molar-refractivity contribution in [3.8, 4) is 0 Å². The fourth-order valence-corrected chi connectivity index (χ4v) is 3.57. The van der Waals surface area contributed by atoms with Gasteiger partial charge in [-0.3, -0.25) is 14.5 Å². The highest BCUT2D eigenvalue weighted by atomic mass is 16.1. The summed E-state index contributed by atoms with van der Waals surface area (Å²) >= 11 is 0. The lowest BCUT2D eigenvalue weighted by molar-refractivity contribution is -0.113. The van der Waals surface area contributed by atoms with Crippen LogP contribution in [-0.2, 0) is 11.3 Å². The third-order valence-corrected chi connectivity index (χ3v) is 5.23. The van der Waals surface area contributed by atoms with Gasteiger partial charge in [0.05, 0.1) is 17.5 Å². The van der Waals surface area contributed by atoms with Crippen molar-refractivity contribution >= 4 is 16.8 Å². The Morgan fingerprint density at radius 2 is 2.10 bits per heavy atom. The monoisotopic (exact) mass is 429 g/mol. The Labute approximate surface area is 186 Å².